The van der Waals surface area contributed by atoms with Crippen molar-refractivity contribution in [1.29, 1.82) is 0 Å². The molecule has 0 spiro atoms. The number of hydrogen-bond acceptors (Lipinski definition) is 4. The number of hydrogen-bond donors (Lipinski definition) is 2. The lowest BCUT2D eigenvalue weighted by atomic mass is 9.98. The Kier molecular flexibility index (Phi) is 6.26. The fourth-order valence-electron chi connectivity index (χ4n) is 2.00. The summed E-state index contributed by atoms with van der Waals surface area (Å²) in [6.45, 7) is 3.49. The molecule has 2 N–H and O–H groups in total. The fourth-order valence-corrected chi connectivity index (χ4v) is 2.00. The lowest BCUT2D eigenvalue weighted by Gasteiger charge is -2.22. The van der Waals surface area contributed by atoms with Gasteiger partial charge in [-0.2, -0.15) is 0 Å². The molecule has 1 aliphatic rings. The topological polar surface area (TPSA) is 54.3 Å². The van der Waals surface area contributed by atoms with Gasteiger partial charge in [0.15, 0.2) is 5.76 Å². The van der Waals surface area contributed by atoms with Crippen LogP contribution in [0.1, 0.15) is 23.4 Å². The zero-order chi connectivity index (χ0) is 11.2. The Labute approximate surface area is 108 Å². The second-order valence-corrected chi connectivity index (χ2v) is 4.22. The smallest absolute Gasteiger partial charge is 0.211 e. The summed E-state index contributed by atoms with van der Waals surface area (Å²) in [6, 6.07) is 3.44. The Balaban J connectivity index is 0.00000144. The van der Waals surface area contributed by atoms with Crippen LogP contribution in [0.4, 0.5) is 0 Å². The molecule has 0 aliphatic carbocycles. The van der Waals surface area contributed by atoms with Gasteiger partial charge in [-0.1, -0.05) is 0 Å². The average Bonchev–Trinajstić information content (AvgIpc) is 2.84. The maximum atomic E-state index is 11.6. The predicted octanol–water partition coefficient (Wildman–Crippen LogP) is 1.47. The molecule has 96 valence electrons. The zero-order valence-corrected chi connectivity index (χ0v) is 10.6. The zero-order valence-electron chi connectivity index (χ0n) is 9.78. The number of furan rings is 1. The molecule has 1 fully saturated rings. The van der Waals surface area contributed by atoms with E-state index in [0.29, 0.717) is 18.2 Å². The van der Waals surface area contributed by atoms with Gasteiger partial charge >= 0.3 is 0 Å². The monoisotopic (exact) mass is 258 g/mol. The third-order valence-corrected chi connectivity index (χ3v) is 2.97. The minimum absolute atomic E-state index is 0. The first kappa shape index (κ1) is 14.2. The highest BCUT2D eigenvalue weighted by atomic mass is 35.5. The predicted molar refractivity (Wildman–Crippen MR) is 68.7 cm³/mol. The van der Waals surface area contributed by atoms with Crippen LogP contribution in [-0.2, 0) is 0 Å². The summed E-state index contributed by atoms with van der Waals surface area (Å²) in [5, 5.41) is 6.53. The van der Waals surface area contributed by atoms with Crippen LogP contribution in [0, 0.1) is 5.92 Å². The molecule has 0 atom stereocenters. The van der Waals surface area contributed by atoms with E-state index in [1.807, 2.05) is 0 Å². The molecule has 1 aromatic heterocycles. The Morgan fingerprint density at radius 2 is 2.24 bits per heavy atom. The summed E-state index contributed by atoms with van der Waals surface area (Å²) >= 11 is 0. The minimum atomic E-state index is 0. The van der Waals surface area contributed by atoms with Crippen molar-refractivity contribution >= 4 is 18.2 Å². The molecule has 0 bridgehead atoms. The molecule has 2 rings (SSSR count). The quantitative estimate of drug-likeness (QED) is 0.786. The van der Waals surface area contributed by atoms with Gasteiger partial charge in [0, 0.05) is 0 Å². The molecular weight excluding hydrogens is 240 g/mol. The summed E-state index contributed by atoms with van der Waals surface area (Å²) in [5.74, 6) is 1.17. The van der Waals surface area contributed by atoms with E-state index >= 15 is 0 Å². The second kappa shape index (κ2) is 7.48. The molecule has 0 saturated carbocycles. The molecule has 5 heteroatoms. The highest BCUT2D eigenvalue weighted by molar-refractivity contribution is 5.94. The number of rotatable bonds is 5. The first-order valence-corrected chi connectivity index (χ1v) is 5.84. The number of Topliss-reactive ketones (excluding diaryl/α,β-unsaturated/α-hetero) is 1. The number of piperidine rings is 1. The number of carbonyl (C=O) groups excluding carboxylic acids is 1. The van der Waals surface area contributed by atoms with Gasteiger partial charge in [-0.05, 0) is 50.5 Å². The molecule has 0 unspecified atom stereocenters. The molecule has 0 aromatic carbocycles. The van der Waals surface area contributed by atoms with Crippen LogP contribution in [0.15, 0.2) is 22.8 Å². The first-order chi connectivity index (χ1) is 7.86. The van der Waals surface area contributed by atoms with E-state index in [1.54, 1.807) is 12.1 Å². The Hall–Kier alpha value is -0.840. The van der Waals surface area contributed by atoms with Gasteiger partial charge in [0.2, 0.25) is 5.78 Å². The highest BCUT2D eigenvalue weighted by Crippen LogP contribution is 2.09. The Morgan fingerprint density at radius 1 is 1.47 bits per heavy atom. The molecule has 0 amide bonds. The maximum absolute atomic E-state index is 11.6. The van der Waals surface area contributed by atoms with Gasteiger partial charge in [-0.15, -0.1) is 12.4 Å². The number of ketones is 1. The first-order valence-electron chi connectivity index (χ1n) is 5.84. The van der Waals surface area contributed by atoms with Crippen molar-refractivity contribution in [2.24, 2.45) is 5.92 Å². The molecule has 2 heterocycles. The van der Waals surface area contributed by atoms with Gasteiger partial charge in [0.05, 0.1) is 12.8 Å². The van der Waals surface area contributed by atoms with Crippen molar-refractivity contribution in [2.75, 3.05) is 26.2 Å². The average molecular weight is 259 g/mol. The summed E-state index contributed by atoms with van der Waals surface area (Å²) in [4.78, 5) is 11.6. The minimum Gasteiger partial charge on any atom is -0.461 e. The van der Waals surface area contributed by atoms with Gasteiger partial charge in [0.1, 0.15) is 0 Å². The summed E-state index contributed by atoms with van der Waals surface area (Å²) in [7, 11) is 0. The lowest BCUT2D eigenvalue weighted by molar-refractivity contribution is 0.0962. The summed E-state index contributed by atoms with van der Waals surface area (Å²) in [6.07, 6.45) is 3.92. The van der Waals surface area contributed by atoms with E-state index in [2.05, 4.69) is 10.6 Å². The van der Waals surface area contributed by atoms with Crippen LogP contribution in [0.25, 0.3) is 0 Å². The van der Waals surface area contributed by atoms with E-state index in [1.165, 1.54) is 19.1 Å². The van der Waals surface area contributed by atoms with Crippen LogP contribution in [0.2, 0.25) is 0 Å². The maximum Gasteiger partial charge on any atom is 0.211 e. The largest absolute Gasteiger partial charge is 0.461 e. The van der Waals surface area contributed by atoms with E-state index in [4.69, 9.17) is 4.42 Å². The number of nitrogens with one attached hydrogen (secondary N) is 2. The van der Waals surface area contributed by atoms with Gasteiger partial charge in [0.25, 0.3) is 0 Å². The normalized spacial score (nSPS) is 16.5. The Morgan fingerprint density at radius 3 is 2.88 bits per heavy atom. The van der Waals surface area contributed by atoms with Crippen LogP contribution in [0.3, 0.4) is 0 Å². The van der Waals surface area contributed by atoms with E-state index in [-0.39, 0.29) is 18.2 Å². The van der Waals surface area contributed by atoms with E-state index < -0.39 is 0 Å². The van der Waals surface area contributed by atoms with Crippen molar-refractivity contribution in [3.8, 4) is 0 Å². The van der Waals surface area contributed by atoms with Crippen LogP contribution >= 0.6 is 12.4 Å². The summed E-state index contributed by atoms with van der Waals surface area (Å²) in [5.41, 5.74) is 0. The SMILES string of the molecule is Cl.O=C(CNCC1CCNCC1)c1ccco1. The number of halogens is 1. The number of carbonyl (C=O) groups is 1. The van der Waals surface area contributed by atoms with Crippen LogP contribution < -0.4 is 10.6 Å². The van der Waals surface area contributed by atoms with Crippen molar-refractivity contribution in [3.05, 3.63) is 24.2 Å². The van der Waals surface area contributed by atoms with Gasteiger partial charge < -0.3 is 15.1 Å². The van der Waals surface area contributed by atoms with Crippen molar-refractivity contribution in [3.63, 3.8) is 0 Å². The molecule has 4 nitrogen and oxygen atoms in total. The molecule has 17 heavy (non-hydrogen) atoms. The van der Waals surface area contributed by atoms with Crippen molar-refractivity contribution in [1.82, 2.24) is 10.6 Å². The molecular formula is C12H19ClN2O2. The third kappa shape index (κ3) is 4.50. The summed E-state index contributed by atoms with van der Waals surface area (Å²) < 4.78 is 5.04. The third-order valence-electron chi connectivity index (χ3n) is 2.97. The molecule has 1 aromatic rings. The Bertz CT molecular complexity index is 321. The molecule has 0 radical (unpaired) electrons. The fraction of sp³-hybridized carbons (Fsp3) is 0.583. The van der Waals surface area contributed by atoms with Crippen molar-refractivity contribution in [2.45, 2.75) is 12.8 Å². The van der Waals surface area contributed by atoms with Crippen LogP contribution in [-0.4, -0.2) is 32.0 Å². The van der Waals surface area contributed by atoms with Crippen LogP contribution in [0.5, 0.6) is 0 Å². The molecule has 1 saturated heterocycles. The highest BCUT2D eigenvalue weighted by Gasteiger charge is 2.13. The lowest BCUT2D eigenvalue weighted by Crippen LogP contribution is -2.35. The van der Waals surface area contributed by atoms with Gasteiger partial charge in [-0.3, -0.25) is 4.79 Å². The van der Waals surface area contributed by atoms with Crippen molar-refractivity contribution < 1.29 is 9.21 Å². The second-order valence-electron chi connectivity index (χ2n) is 4.22. The molecule has 1 aliphatic heterocycles. The van der Waals surface area contributed by atoms with E-state index in [0.717, 1.165) is 19.6 Å². The van der Waals surface area contributed by atoms with E-state index in [9.17, 15) is 4.79 Å². The standard InChI is InChI=1S/C12H18N2O2.ClH/c15-11(12-2-1-7-16-12)9-14-8-10-3-5-13-6-4-10;/h1-2,7,10,13-14H,3-6,8-9H2;1H. The van der Waals surface area contributed by atoms with Gasteiger partial charge in [-0.25, -0.2) is 0 Å².